The van der Waals surface area contributed by atoms with E-state index in [2.05, 4.69) is 41.4 Å². The average molecular weight is 290 g/mol. The van der Waals surface area contributed by atoms with Gasteiger partial charge < -0.3 is 9.88 Å². The molecule has 0 saturated heterocycles. The maximum atomic E-state index is 11.7. The first-order valence-corrected chi connectivity index (χ1v) is 7.70. The molecule has 0 aliphatic heterocycles. The Morgan fingerprint density at radius 2 is 2.05 bits per heavy atom. The Bertz CT molecular complexity index is 892. The van der Waals surface area contributed by atoms with Gasteiger partial charge in [0.15, 0.2) is 0 Å². The predicted octanol–water partition coefficient (Wildman–Crippen LogP) is 4.11. The highest BCUT2D eigenvalue weighted by atomic mass is 16.2. The molecule has 0 unspecified atom stereocenters. The molecule has 1 aromatic heterocycles. The maximum absolute atomic E-state index is 11.7. The number of amides is 1. The fourth-order valence-electron chi connectivity index (χ4n) is 3.55. The molecule has 22 heavy (non-hydrogen) atoms. The van der Waals surface area contributed by atoms with Crippen LogP contribution in [0.15, 0.2) is 42.5 Å². The van der Waals surface area contributed by atoms with Gasteiger partial charge in [-0.05, 0) is 30.2 Å². The molecule has 3 aromatic rings. The molecule has 1 heterocycles. The normalized spacial score (nSPS) is 12.3. The largest absolute Gasteiger partial charge is 0.358 e. The number of H-pyrrole nitrogens is 1. The average Bonchev–Trinajstić information content (AvgIpc) is 3.02. The zero-order valence-corrected chi connectivity index (χ0v) is 12.8. The number of rotatable bonds is 2. The third-order valence-electron chi connectivity index (χ3n) is 4.52. The van der Waals surface area contributed by atoms with Gasteiger partial charge in [-0.2, -0.15) is 0 Å². The molecule has 4 rings (SSSR count). The summed E-state index contributed by atoms with van der Waals surface area (Å²) >= 11 is 0. The van der Waals surface area contributed by atoms with Crippen LogP contribution in [0, 0.1) is 0 Å². The zero-order chi connectivity index (χ0) is 15.3. The molecule has 0 spiro atoms. The van der Waals surface area contributed by atoms with Gasteiger partial charge in [-0.3, -0.25) is 4.79 Å². The number of anilines is 1. The van der Waals surface area contributed by atoms with Crippen LogP contribution in [-0.4, -0.2) is 17.4 Å². The summed E-state index contributed by atoms with van der Waals surface area (Å²) in [6.07, 6.45) is 0.958. The third kappa shape index (κ3) is 1.78. The number of aromatic nitrogens is 1. The summed E-state index contributed by atoms with van der Waals surface area (Å²) in [6, 6.07) is 14.8. The molecule has 3 nitrogen and oxygen atoms in total. The van der Waals surface area contributed by atoms with Gasteiger partial charge in [0.25, 0.3) is 0 Å². The number of nitrogens with zero attached hydrogens (tertiary/aromatic N) is 1. The molecule has 110 valence electrons. The van der Waals surface area contributed by atoms with Crippen LogP contribution in [0.3, 0.4) is 0 Å². The first-order valence-electron chi connectivity index (χ1n) is 7.70. The van der Waals surface area contributed by atoms with E-state index in [0.717, 1.165) is 17.6 Å². The van der Waals surface area contributed by atoms with Crippen LogP contribution in [-0.2, 0) is 11.2 Å². The Morgan fingerprint density at radius 1 is 1.23 bits per heavy atom. The minimum absolute atomic E-state index is 0.0753. The van der Waals surface area contributed by atoms with Crippen LogP contribution in [0.2, 0.25) is 0 Å². The van der Waals surface area contributed by atoms with Gasteiger partial charge in [0.1, 0.15) is 0 Å². The monoisotopic (exact) mass is 290 g/mol. The summed E-state index contributed by atoms with van der Waals surface area (Å²) in [6.45, 7) is 4.29. The van der Waals surface area contributed by atoms with E-state index < -0.39 is 0 Å². The van der Waals surface area contributed by atoms with Gasteiger partial charge in [-0.1, -0.05) is 30.3 Å². The number of carbonyl (C=O) groups excluding carboxylic acids is 1. The van der Waals surface area contributed by atoms with Crippen molar-refractivity contribution in [1.29, 1.82) is 0 Å². The standard InChI is InChI=1S/C19H18N2O/c1-3-21(12(2)22)14-8-9-16-17(11-14)20-18-10-13-6-4-5-7-15(13)19(16)18/h4-9,11,20H,3,10H2,1-2H3. The highest BCUT2D eigenvalue weighted by Gasteiger charge is 2.23. The molecular formula is C19H18N2O. The van der Waals surface area contributed by atoms with E-state index in [-0.39, 0.29) is 5.91 Å². The fraction of sp³-hybridized carbons (Fsp3) is 0.211. The maximum Gasteiger partial charge on any atom is 0.223 e. The number of benzene rings is 2. The van der Waals surface area contributed by atoms with E-state index >= 15 is 0 Å². The molecular weight excluding hydrogens is 272 g/mol. The second-order valence-corrected chi connectivity index (χ2v) is 5.81. The van der Waals surface area contributed by atoms with Gasteiger partial charge in [-0.15, -0.1) is 0 Å². The lowest BCUT2D eigenvalue weighted by atomic mass is 10.0. The lowest BCUT2D eigenvalue weighted by Gasteiger charge is -2.19. The SMILES string of the molecule is CCN(C(C)=O)c1ccc2c3c([nH]c2c1)Cc1ccccc1-3. The second kappa shape index (κ2) is 4.73. The van der Waals surface area contributed by atoms with Gasteiger partial charge >= 0.3 is 0 Å². The molecule has 3 heteroatoms. The van der Waals surface area contributed by atoms with Crippen molar-refractivity contribution >= 4 is 22.5 Å². The minimum Gasteiger partial charge on any atom is -0.358 e. The number of hydrogen-bond donors (Lipinski definition) is 1. The van der Waals surface area contributed by atoms with Crippen LogP contribution in [0.5, 0.6) is 0 Å². The first-order chi connectivity index (χ1) is 10.7. The van der Waals surface area contributed by atoms with E-state index in [1.165, 1.54) is 27.8 Å². The van der Waals surface area contributed by atoms with Gasteiger partial charge in [0, 0.05) is 47.7 Å². The zero-order valence-electron chi connectivity index (χ0n) is 12.8. The summed E-state index contributed by atoms with van der Waals surface area (Å²) in [5, 5.41) is 1.24. The summed E-state index contributed by atoms with van der Waals surface area (Å²) in [5.41, 5.74) is 7.37. The fourth-order valence-corrected chi connectivity index (χ4v) is 3.55. The molecule has 1 amide bonds. The second-order valence-electron chi connectivity index (χ2n) is 5.81. The lowest BCUT2D eigenvalue weighted by Crippen LogP contribution is -2.27. The van der Waals surface area contributed by atoms with E-state index in [1.54, 1.807) is 11.8 Å². The van der Waals surface area contributed by atoms with E-state index in [0.29, 0.717) is 6.54 Å². The third-order valence-corrected chi connectivity index (χ3v) is 4.52. The lowest BCUT2D eigenvalue weighted by molar-refractivity contribution is -0.116. The summed E-state index contributed by atoms with van der Waals surface area (Å²) in [7, 11) is 0. The molecule has 1 N–H and O–H groups in total. The highest BCUT2D eigenvalue weighted by Crippen LogP contribution is 2.42. The summed E-state index contributed by atoms with van der Waals surface area (Å²) in [4.78, 5) is 17.1. The van der Waals surface area contributed by atoms with Crippen LogP contribution >= 0.6 is 0 Å². The Balaban J connectivity index is 1.88. The predicted molar refractivity (Wildman–Crippen MR) is 90.2 cm³/mol. The van der Waals surface area contributed by atoms with E-state index in [1.807, 2.05) is 13.0 Å². The minimum atomic E-state index is 0.0753. The topological polar surface area (TPSA) is 36.1 Å². The number of hydrogen-bond acceptors (Lipinski definition) is 1. The number of carbonyl (C=O) groups is 1. The van der Waals surface area contributed by atoms with Crippen molar-refractivity contribution in [2.24, 2.45) is 0 Å². The molecule has 0 bridgehead atoms. The van der Waals surface area contributed by atoms with Crippen molar-refractivity contribution in [2.45, 2.75) is 20.3 Å². The molecule has 0 radical (unpaired) electrons. The Labute approximate surface area is 129 Å². The number of aromatic amines is 1. The highest BCUT2D eigenvalue weighted by molar-refractivity contribution is 6.03. The Morgan fingerprint density at radius 3 is 2.82 bits per heavy atom. The summed E-state index contributed by atoms with van der Waals surface area (Å²) in [5.74, 6) is 0.0753. The van der Waals surface area contributed by atoms with Crippen molar-refractivity contribution in [3.05, 3.63) is 53.7 Å². The van der Waals surface area contributed by atoms with Crippen LogP contribution in [0.25, 0.3) is 22.0 Å². The number of nitrogens with one attached hydrogen (secondary N) is 1. The van der Waals surface area contributed by atoms with Crippen LogP contribution in [0.1, 0.15) is 25.1 Å². The molecule has 0 saturated carbocycles. The quantitative estimate of drug-likeness (QED) is 0.592. The molecule has 0 atom stereocenters. The first kappa shape index (κ1) is 13.1. The Hall–Kier alpha value is -2.55. The molecule has 1 aliphatic carbocycles. The van der Waals surface area contributed by atoms with Gasteiger partial charge in [0.2, 0.25) is 5.91 Å². The number of fused-ring (bicyclic) bond motifs is 5. The van der Waals surface area contributed by atoms with Crippen molar-refractivity contribution in [1.82, 2.24) is 4.98 Å². The molecule has 0 fully saturated rings. The van der Waals surface area contributed by atoms with E-state index in [9.17, 15) is 4.79 Å². The van der Waals surface area contributed by atoms with Crippen LogP contribution in [0.4, 0.5) is 5.69 Å². The van der Waals surface area contributed by atoms with Gasteiger partial charge in [0.05, 0.1) is 0 Å². The molecule has 1 aliphatic rings. The van der Waals surface area contributed by atoms with Crippen molar-refractivity contribution in [3.8, 4) is 11.1 Å². The van der Waals surface area contributed by atoms with Gasteiger partial charge in [-0.25, -0.2) is 0 Å². The summed E-state index contributed by atoms with van der Waals surface area (Å²) < 4.78 is 0. The van der Waals surface area contributed by atoms with Crippen molar-refractivity contribution in [2.75, 3.05) is 11.4 Å². The van der Waals surface area contributed by atoms with Crippen molar-refractivity contribution < 1.29 is 4.79 Å². The van der Waals surface area contributed by atoms with Crippen LogP contribution < -0.4 is 4.90 Å². The van der Waals surface area contributed by atoms with Crippen molar-refractivity contribution in [3.63, 3.8) is 0 Å². The Kier molecular flexibility index (Phi) is 2.83. The smallest absolute Gasteiger partial charge is 0.223 e. The molecule has 2 aromatic carbocycles. The van der Waals surface area contributed by atoms with E-state index in [4.69, 9.17) is 0 Å².